The van der Waals surface area contributed by atoms with Gasteiger partial charge in [0, 0.05) is 31.1 Å². The first-order valence-electron chi connectivity index (χ1n) is 10.4. The number of carbonyl (C=O) groups is 1. The molecule has 182 valence electrons. The topological polar surface area (TPSA) is 99.5 Å². The number of nitrogens with zero attached hydrogens (tertiary/aromatic N) is 3. The zero-order chi connectivity index (χ0) is 25.0. The van der Waals surface area contributed by atoms with E-state index in [4.69, 9.17) is 9.57 Å². The summed E-state index contributed by atoms with van der Waals surface area (Å²) in [4.78, 5) is 25.5. The van der Waals surface area contributed by atoms with E-state index < -0.39 is 12.3 Å². The Kier molecular flexibility index (Phi) is 6.73. The van der Waals surface area contributed by atoms with Crippen molar-refractivity contribution < 1.29 is 32.3 Å². The number of nitrogens with one attached hydrogen (secondary N) is 2. The molecule has 0 aliphatic heterocycles. The second-order valence-electron chi connectivity index (χ2n) is 7.19. The molecule has 0 fully saturated rings. The fraction of sp³-hybridized carbons (Fsp3) is 0.174. The maximum atomic E-state index is 12.3. The van der Waals surface area contributed by atoms with Gasteiger partial charge < -0.3 is 19.4 Å². The summed E-state index contributed by atoms with van der Waals surface area (Å²) in [5.74, 6) is 0.547. The normalized spacial score (nSPS) is 11.3. The third-order valence-electron chi connectivity index (χ3n) is 4.71. The van der Waals surface area contributed by atoms with Gasteiger partial charge in [0.25, 0.3) is 5.91 Å². The number of hydrogen-bond acceptors (Lipinski definition) is 7. The Morgan fingerprint density at radius 1 is 1.03 bits per heavy atom. The van der Waals surface area contributed by atoms with Crippen molar-refractivity contribution in [2.24, 2.45) is 7.05 Å². The predicted octanol–water partition coefficient (Wildman–Crippen LogP) is 5.08. The molecule has 0 aliphatic rings. The molecule has 0 atom stereocenters. The molecule has 0 bridgehead atoms. The smallest absolute Gasteiger partial charge is 0.457 e. The summed E-state index contributed by atoms with van der Waals surface area (Å²) in [6.45, 7) is 2.06. The lowest BCUT2D eigenvalue weighted by Crippen LogP contribution is -2.24. The van der Waals surface area contributed by atoms with Gasteiger partial charge in [0.05, 0.1) is 17.6 Å². The number of amides is 1. The van der Waals surface area contributed by atoms with Crippen LogP contribution >= 0.6 is 0 Å². The van der Waals surface area contributed by atoms with Gasteiger partial charge in [-0.15, -0.1) is 13.2 Å². The van der Waals surface area contributed by atoms with Crippen LogP contribution in [0.2, 0.25) is 0 Å². The second-order valence-corrected chi connectivity index (χ2v) is 7.19. The summed E-state index contributed by atoms with van der Waals surface area (Å²) in [5, 5.41) is 3.07. The molecule has 35 heavy (non-hydrogen) atoms. The Labute approximate surface area is 197 Å². The second kappa shape index (κ2) is 9.89. The van der Waals surface area contributed by atoms with Gasteiger partial charge >= 0.3 is 6.36 Å². The van der Waals surface area contributed by atoms with E-state index in [1.807, 2.05) is 6.07 Å². The van der Waals surface area contributed by atoms with Gasteiger partial charge in [-0.05, 0) is 49.4 Å². The molecule has 0 saturated carbocycles. The van der Waals surface area contributed by atoms with E-state index in [9.17, 15) is 18.0 Å². The number of fused-ring (bicyclic) bond motifs is 1. The lowest BCUT2D eigenvalue weighted by molar-refractivity contribution is -0.274. The van der Waals surface area contributed by atoms with Gasteiger partial charge in [0.15, 0.2) is 0 Å². The van der Waals surface area contributed by atoms with Crippen LogP contribution in [0.5, 0.6) is 17.2 Å². The number of alkyl halides is 3. The Morgan fingerprint density at radius 3 is 2.46 bits per heavy atom. The van der Waals surface area contributed by atoms with Crippen LogP contribution in [-0.2, 0) is 11.9 Å². The minimum atomic E-state index is -4.75. The molecule has 0 saturated heterocycles. The maximum Gasteiger partial charge on any atom is 0.573 e. The van der Waals surface area contributed by atoms with Crippen LogP contribution in [0.15, 0.2) is 60.8 Å². The number of halogens is 3. The number of aryl methyl sites for hydroxylation is 1. The van der Waals surface area contributed by atoms with Crippen molar-refractivity contribution in [3.8, 4) is 17.2 Å². The van der Waals surface area contributed by atoms with Crippen LogP contribution in [0.1, 0.15) is 17.4 Å². The Balaban J connectivity index is 1.49. The molecule has 2 aromatic carbocycles. The van der Waals surface area contributed by atoms with Crippen LogP contribution in [0.25, 0.3) is 11.0 Å². The quantitative estimate of drug-likeness (QED) is 0.334. The van der Waals surface area contributed by atoms with Gasteiger partial charge in [-0.25, -0.2) is 10.5 Å². The van der Waals surface area contributed by atoms with E-state index >= 15 is 0 Å². The highest BCUT2D eigenvalue weighted by Gasteiger charge is 2.31. The van der Waals surface area contributed by atoms with Crippen molar-refractivity contribution >= 4 is 28.6 Å². The molecule has 0 unspecified atom stereocenters. The fourth-order valence-electron chi connectivity index (χ4n) is 3.15. The number of ether oxygens (including phenoxy) is 2. The van der Waals surface area contributed by atoms with Crippen molar-refractivity contribution in [1.29, 1.82) is 0 Å². The third kappa shape index (κ3) is 5.98. The van der Waals surface area contributed by atoms with Gasteiger partial charge in [0.1, 0.15) is 22.9 Å². The number of anilines is 2. The molecule has 4 rings (SSSR count). The minimum absolute atomic E-state index is 0.132. The predicted molar refractivity (Wildman–Crippen MR) is 121 cm³/mol. The molecule has 0 radical (unpaired) electrons. The van der Waals surface area contributed by atoms with Crippen molar-refractivity contribution in [3.05, 3.63) is 66.5 Å². The van der Waals surface area contributed by atoms with Crippen molar-refractivity contribution in [1.82, 2.24) is 20.0 Å². The van der Waals surface area contributed by atoms with E-state index in [-0.39, 0.29) is 11.4 Å². The number of imidazole rings is 1. The first-order valence-corrected chi connectivity index (χ1v) is 10.4. The molecule has 4 aromatic rings. The van der Waals surface area contributed by atoms with Gasteiger partial charge in [-0.1, -0.05) is 0 Å². The molecule has 9 nitrogen and oxygen atoms in total. The molecule has 2 aromatic heterocycles. The molecule has 12 heteroatoms. The molecule has 1 amide bonds. The number of carbonyl (C=O) groups excluding carboxylic acids is 1. The Morgan fingerprint density at radius 2 is 1.74 bits per heavy atom. The first kappa shape index (κ1) is 23.8. The summed E-state index contributed by atoms with van der Waals surface area (Å²) in [6.07, 6.45) is -3.30. The van der Waals surface area contributed by atoms with Crippen LogP contribution in [-0.4, -0.2) is 33.4 Å². The fourth-order valence-corrected chi connectivity index (χ4v) is 3.15. The van der Waals surface area contributed by atoms with Crippen molar-refractivity contribution in [2.45, 2.75) is 13.3 Å². The van der Waals surface area contributed by atoms with Crippen LogP contribution in [0, 0.1) is 0 Å². The van der Waals surface area contributed by atoms with E-state index in [0.717, 1.165) is 5.52 Å². The zero-order valence-electron chi connectivity index (χ0n) is 18.6. The number of hydroxylamine groups is 1. The highest BCUT2D eigenvalue weighted by Crippen LogP contribution is 2.29. The lowest BCUT2D eigenvalue weighted by Gasteiger charge is -2.10. The largest absolute Gasteiger partial charge is 0.573 e. The average molecular weight is 487 g/mol. The lowest BCUT2D eigenvalue weighted by atomic mass is 10.3. The van der Waals surface area contributed by atoms with E-state index in [2.05, 4.69) is 25.5 Å². The van der Waals surface area contributed by atoms with Crippen LogP contribution < -0.4 is 20.3 Å². The third-order valence-corrected chi connectivity index (χ3v) is 4.71. The van der Waals surface area contributed by atoms with E-state index in [0.29, 0.717) is 35.3 Å². The number of aromatic nitrogens is 3. The van der Waals surface area contributed by atoms with Crippen molar-refractivity contribution in [3.63, 3.8) is 0 Å². The summed E-state index contributed by atoms with van der Waals surface area (Å²) in [6, 6.07) is 13.7. The minimum Gasteiger partial charge on any atom is -0.457 e. The van der Waals surface area contributed by atoms with Crippen LogP contribution in [0.3, 0.4) is 0 Å². The molecular weight excluding hydrogens is 467 g/mol. The van der Waals surface area contributed by atoms with Gasteiger partial charge in [-0.3, -0.25) is 14.6 Å². The van der Waals surface area contributed by atoms with Crippen LogP contribution in [0.4, 0.5) is 24.8 Å². The summed E-state index contributed by atoms with van der Waals surface area (Å²) < 4.78 is 48.6. The molecule has 0 spiro atoms. The monoisotopic (exact) mass is 487 g/mol. The first-order chi connectivity index (χ1) is 16.7. The molecular formula is C23H20F3N5O4. The maximum absolute atomic E-state index is 12.3. The zero-order valence-corrected chi connectivity index (χ0v) is 18.6. The number of rotatable bonds is 8. The van der Waals surface area contributed by atoms with Gasteiger partial charge in [0.2, 0.25) is 5.95 Å². The molecule has 2 heterocycles. The number of hydrogen-bond donors (Lipinski definition) is 2. The highest BCUT2D eigenvalue weighted by atomic mass is 19.4. The summed E-state index contributed by atoms with van der Waals surface area (Å²) in [5.41, 5.74) is 4.35. The Bertz CT molecular complexity index is 1340. The number of benzene rings is 2. The molecule has 0 aliphatic carbocycles. The standard InChI is InChI=1S/C23H20F3N5O4/c1-3-33-30-21(32)19-13-17(10-11-27-19)34-16-8-9-20-18(12-16)29-22(31(20)2)28-14-4-6-15(7-5-14)35-23(24,25)26/h4-13H,3H2,1-2H3,(H,28,29)(H,30,32). The van der Waals surface area contributed by atoms with Gasteiger partial charge in [-0.2, -0.15) is 0 Å². The number of pyridine rings is 1. The average Bonchev–Trinajstić information content (AvgIpc) is 3.12. The van der Waals surface area contributed by atoms with Crippen molar-refractivity contribution in [2.75, 3.05) is 11.9 Å². The molecule has 2 N–H and O–H groups in total. The summed E-state index contributed by atoms with van der Waals surface area (Å²) in [7, 11) is 1.80. The summed E-state index contributed by atoms with van der Waals surface area (Å²) >= 11 is 0. The SMILES string of the molecule is CCONC(=O)c1cc(Oc2ccc3c(c2)nc(Nc2ccc(OC(F)(F)F)cc2)n3C)ccn1. The van der Waals surface area contributed by atoms with E-state index in [1.54, 1.807) is 36.7 Å². The van der Waals surface area contributed by atoms with E-state index in [1.165, 1.54) is 36.5 Å². The Hall–Kier alpha value is -4.32. The highest BCUT2D eigenvalue weighted by molar-refractivity contribution is 5.91.